The van der Waals surface area contributed by atoms with Crippen LogP contribution in [0.1, 0.15) is 6.92 Å². The Bertz CT molecular complexity index is 852. The van der Waals surface area contributed by atoms with Crippen LogP contribution in [-0.4, -0.2) is 29.6 Å². The van der Waals surface area contributed by atoms with Gasteiger partial charge in [-0.15, -0.1) is 0 Å². The number of carbonyl (C=O) groups is 2. The molecule has 0 saturated heterocycles. The third kappa shape index (κ3) is 7.22. The van der Waals surface area contributed by atoms with Crippen molar-refractivity contribution in [2.45, 2.75) is 13.0 Å². The normalized spacial score (nSPS) is 11.1. The Kier molecular flexibility index (Phi) is 8.31. The Hall–Kier alpha value is -2.55. The Labute approximate surface area is 177 Å². The molecule has 0 aliphatic heterocycles. The molecule has 1 atom stereocenters. The molecule has 0 radical (unpaired) electrons. The average molecular weight is 442 g/mol. The van der Waals surface area contributed by atoms with Crippen LogP contribution in [0.15, 0.2) is 48.5 Å². The van der Waals surface area contributed by atoms with E-state index in [2.05, 4.69) is 16.2 Å². The van der Waals surface area contributed by atoms with Crippen molar-refractivity contribution in [3.63, 3.8) is 0 Å². The second kappa shape index (κ2) is 10.7. The van der Waals surface area contributed by atoms with Crippen LogP contribution in [0.5, 0.6) is 11.5 Å². The van der Waals surface area contributed by atoms with Gasteiger partial charge < -0.3 is 9.47 Å². The zero-order chi connectivity index (χ0) is 20.5. The van der Waals surface area contributed by atoms with Crippen LogP contribution >= 0.6 is 35.4 Å². The lowest BCUT2D eigenvalue weighted by molar-refractivity contribution is -0.126. The maximum atomic E-state index is 12.1. The van der Waals surface area contributed by atoms with E-state index in [9.17, 15) is 9.59 Å². The first-order valence-electron chi connectivity index (χ1n) is 8.04. The largest absolute Gasteiger partial charge is 0.484 e. The van der Waals surface area contributed by atoms with Crippen LogP contribution in [-0.2, 0) is 9.59 Å². The van der Waals surface area contributed by atoms with Crippen molar-refractivity contribution >= 4 is 52.3 Å². The summed E-state index contributed by atoms with van der Waals surface area (Å²) in [5.74, 6) is -0.143. The number of para-hydroxylation sites is 1. The molecule has 3 N–H and O–H groups in total. The Morgan fingerprint density at radius 2 is 1.82 bits per heavy atom. The summed E-state index contributed by atoms with van der Waals surface area (Å²) in [4.78, 5) is 23.8. The lowest BCUT2D eigenvalue weighted by Gasteiger charge is -2.17. The highest BCUT2D eigenvalue weighted by molar-refractivity contribution is 7.80. The molecule has 148 valence electrons. The van der Waals surface area contributed by atoms with Crippen molar-refractivity contribution in [3.8, 4) is 11.5 Å². The van der Waals surface area contributed by atoms with Crippen LogP contribution in [0.2, 0.25) is 10.0 Å². The number of amides is 2. The molecule has 0 aliphatic carbocycles. The summed E-state index contributed by atoms with van der Waals surface area (Å²) in [6.07, 6.45) is -0.893. The smallest absolute Gasteiger partial charge is 0.276 e. The number of rotatable bonds is 6. The van der Waals surface area contributed by atoms with Gasteiger partial charge in [-0.1, -0.05) is 41.4 Å². The quantitative estimate of drug-likeness (QED) is 0.471. The number of hydrazine groups is 1. The molecule has 1 unspecified atom stereocenters. The highest BCUT2D eigenvalue weighted by Crippen LogP contribution is 2.28. The molecule has 0 fully saturated rings. The van der Waals surface area contributed by atoms with Crippen LogP contribution in [0.3, 0.4) is 0 Å². The zero-order valence-electron chi connectivity index (χ0n) is 14.7. The minimum atomic E-state index is -0.893. The molecule has 28 heavy (non-hydrogen) atoms. The van der Waals surface area contributed by atoms with Gasteiger partial charge in [-0.2, -0.15) is 0 Å². The standard InChI is InChI=1S/C18H17Cl2N3O4S/c1-11(27-15-8-7-12(19)9-14(15)20)17(25)21-18(28)23-22-16(24)10-26-13-5-3-2-4-6-13/h2-9,11H,10H2,1H3,(H,22,24)(H2,21,23,25,28). The number of halogens is 2. The Morgan fingerprint density at radius 3 is 2.50 bits per heavy atom. The number of benzene rings is 2. The van der Waals surface area contributed by atoms with E-state index in [0.717, 1.165) is 0 Å². The number of ether oxygens (including phenoxy) is 2. The van der Waals surface area contributed by atoms with Gasteiger partial charge in [0.25, 0.3) is 11.8 Å². The molecule has 0 aliphatic rings. The number of carbonyl (C=O) groups excluding carboxylic acids is 2. The van der Waals surface area contributed by atoms with Gasteiger partial charge >= 0.3 is 0 Å². The van der Waals surface area contributed by atoms with Gasteiger partial charge in [0.2, 0.25) is 0 Å². The van der Waals surface area contributed by atoms with Crippen molar-refractivity contribution < 1.29 is 19.1 Å². The summed E-state index contributed by atoms with van der Waals surface area (Å²) in [5.41, 5.74) is 4.72. The number of hydrogen-bond acceptors (Lipinski definition) is 5. The summed E-state index contributed by atoms with van der Waals surface area (Å²) >= 11 is 16.8. The summed E-state index contributed by atoms with van der Waals surface area (Å²) in [7, 11) is 0. The molecule has 2 aromatic carbocycles. The lowest BCUT2D eigenvalue weighted by atomic mass is 10.3. The third-order valence-corrected chi connectivity index (χ3v) is 3.97. The van der Waals surface area contributed by atoms with Gasteiger partial charge in [0.05, 0.1) is 5.02 Å². The van der Waals surface area contributed by atoms with Crippen molar-refractivity contribution in [2.75, 3.05) is 6.61 Å². The van der Waals surface area contributed by atoms with Gasteiger partial charge in [-0.25, -0.2) is 0 Å². The second-order valence-corrected chi connectivity index (χ2v) is 6.68. The van der Waals surface area contributed by atoms with E-state index in [1.54, 1.807) is 36.4 Å². The number of thiocarbonyl (C=S) groups is 1. The zero-order valence-corrected chi connectivity index (χ0v) is 17.0. The van der Waals surface area contributed by atoms with Gasteiger partial charge in [-0.3, -0.25) is 25.8 Å². The van der Waals surface area contributed by atoms with Crippen LogP contribution < -0.4 is 25.6 Å². The average Bonchev–Trinajstić information content (AvgIpc) is 2.67. The Balaban J connectivity index is 1.72. The maximum absolute atomic E-state index is 12.1. The second-order valence-electron chi connectivity index (χ2n) is 5.43. The topological polar surface area (TPSA) is 88.7 Å². The predicted octanol–water partition coefficient (Wildman–Crippen LogP) is 2.86. The van der Waals surface area contributed by atoms with Crippen molar-refractivity contribution in [2.24, 2.45) is 0 Å². The highest BCUT2D eigenvalue weighted by atomic mass is 35.5. The molecule has 2 aromatic rings. The molecule has 0 aromatic heterocycles. The summed E-state index contributed by atoms with van der Waals surface area (Å²) in [6, 6.07) is 13.5. The van der Waals surface area contributed by atoms with Gasteiger partial charge in [0.1, 0.15) is 11.5 Å². The fourth-order valence-electron chi connectivity index (χ4n) is 1.89. The lowest BCUT2D eigenvalue weighted by Crippen LogP contribution is -2.51. The third-order valence-electron chi connectivity index (χ3n) is 3.23. The molecular weight excluding hydrogens is 425 g/mol. The predicted molar refractivity (Wildman–Crippen MR) is 111 cm³/mol. The first-order chi connectivity index (χ1) is 13.3. The molecule has 0 heterocycles. The van der Waals surface area contributed by atoms with E-state index in [-0.39, 0.29) is 16.7 Å². The minimum Gasteiger partial charge on any atom is -0.484 e. The van der Waals surface area contributed by atoms with Crippen LogP contribution in [0, 0.1) is 0 Å². The first-order valence-corrected chi connectivity index (χ1v) is 9.21. The molecule has 2 rings (SSSR count). The van der Waals surface area contributed by atoms with Crippen LogP contribution in [0.25, 0.3) is 0 Å². The van der Waals surface area contributed by atoms with E-state index < -0.39 is 17.9 Å². The molecule has 0 bridgehead atoms. The summed E-state index contributed by atoms with van der Waals surface area (Å²) in [5, 5.41) is 3.02. The van der Waals surface area contributed by atoms with Gasteiger partial charge in [0.15, 0.2) is 17.8 Å². The van der Waals surface area contributed by atoms with E-state index in [1.165, 1.54) is 13.0 Å². The monoisotopic (exact) mass is 441 g/mol. The van der Waals surface area contributed by atoms with Gasteiger partial charge in [0, 0.05) is 5.02 Å². The van der Waals surface area contributed by atoms with E-state index in [1.807, 2.05) is 6.07 Å². The fourth-order valence-corrected chi connectivity index (χ4v) is 2.49. The number of nitrogens with one attached hydrogen (secondary N) is 3. The molecule has 0 saturated carbocycles. The highest BCUT2D eigenvalue weighted by Gasteiger charge is 2.17. The van der Waals surface area contributed by atoms with Crippen molar-refractivity contribution in [3.05, 3.63) is 58.6 Å². The van der Waals surface area contributed by atoms with E-state index in [0.29, 0.717) is 16.5 Å². The summed E-state index contributed by atoms with van der Waals surface area (Å²) < 4.78 is 10.8. The first kappa shape index (κ1) is 21.7. The Morgan fingerprint density at radius 1 is 1.11 bits per heavy atom. The molecule has 0 spiro atoms. The molecule has 2 amide bonds. The molecule has 10 heteroatoms. The summed E-state index contributed by atoms with van der Waals surface area (Å²) in [6.45, 7) is 1.30. The fraction of sp³-hybridized carbons (Fsp3) is 0.167. The van der Waals surface area contributed by atoms with E-state index in [4.69, 9.17) is 44.9 Å². The van der Waals surface area contributed by atoms with Gasteiger partial charge in [-0.05, 0) is 49.5 Å². The minimum absolute atomic E-state index is 0.101. The SMILES string of the molecule is CC(Oc1ccc(Cl)cc1Cl)C(=O)NC(=S)NNC(=O)COc1ccccc1. The van der Waals surface area contributed by atoms with E-state index >= 15 is 0 Å². The van der Waals surface area contributed by atoms with Crippen LogP contribution in [0.4, 0.5) is 0 Å². The molecule has 7 nitrogen and oxygen atoms in total. The van der Waals surface area contributed by atoms with Crippen molar-refractivity contribution in [1.29, 1.82) is 0 Å². The van der Waals surface area contributed by atoms with Crippen molar-refractivity contribution in [1.82, 2.24) is 16.2 Å². The maximum Gasteiger partial charge on any atom is 0.276 e. The molecular formula is C18H17Cl2N3O4S. The number of hydrogen-bond donors (Lipinski definition) is 3.